The number of nitrogens with two attached hydrogens (primary N) is 1. The van der Waals surface area contributed by atoms with Gasteiger partial charge in [-0.1, -0.05) is 49.4 Å². The Morgan fingerprint density at radius 3 is 2.48 bits per heavy atom. The van der Waals surface area contributed by atoms with Crippen LogP contribution in [0.5, 0.6) is 0 Å². The molecule has 4 aromatic rings. The Bertz CT molecular complexity index is 1300. The van der Waals surface area contributed by atoms with Crippen molar-refractivity contribution in [3.8, 4) is 17.2 Å². The molecule has 0 atom stereocenters. The fourth-order valence-corrected chi connectivity index (χ4v) is 4.72. The summed E-state index contributed by atoms with van der Waals surface area (Å²) >= 11 is 1.39. The van der Waals surface area contributed by atoms with Crippen molar-refractivity contribution in [2.45, 2.75) is 13.3 Å². The number of nitrogens with one attached hydrogen (secondary N) is 2. The smallest absolute Gasteiger partial charge is 0.256 e. The Morgan fingerprint density at radius 1 is 1.16 bits per heavy atom. The van der Waals surface area contributed by atoms with E-state index in [0.717, 1.165) is 22.4 Å². The van der Waals surface area contributed by atoms with E-state index in [1.807, 2.05) is 42.5 Å². The van der Waals surface area contributed by atoms with Gasteiger partial charge in [-0.15, -0.1) is 11.3 Å². The van der Waals surface area contributed by atoms with Gasteiger partial charge >= 0.3 is 0 Å². The van der Waals surface area contributed by atoms with E-state index in [-0.39, 0.29) is 11.7 Å². The lowest BCUT2D eigenvalue weighted by Crippen LogP contribution is -2.18. The van der Waals surface area contributed by atoms with Crippen molar-refractivity contribution < 1.29 is 4.79 Å². The summed E-state index contributed by atoms with van der Waals surface area (Å²) < 4.78 is 0.739. The van der Waals surface area contributed by atoms with Crippen LogP contribution in [0.2, 0.25) is 0 Å². The van der Waals surface area contributed by atoms with Gasteiger partial charge in [0.05, 0.1) is 10.2 Å². The minimum absolute atomic E-state index is 0.107. The molecule has 0 radical (unpaired) electrons. The number of carbonyl (C=O) groups excluding carboxylic acids is 1. The van der Waals surface area contributed by atoms with Crippen molar-refractivity contribution in [1.82, 2.24) is 10.3 Å². The van der Waals surface area contributed by atoms with Gasteiger partial charge < -0.3 is 16.4 Å². The predicted octanol–water partition coefficient (Wildman–Crippen LogP) is 5.08. The second-order valence-corrected chi connectivity index (χ2v) is 7.98. The molecule has 0 saturated carbocycles. The molecular formula is C24H21N5OS. The second-order valence-electron chi connectivity index (χ2n) is 6.96. The third kappa shape index (κ3) is 3.69. The molecule has 31 heavy (non-hydrogen) atoms. The molecule has 6 nitrogen and oxygen atoms in total. The molecule has 7 heteroatoms. The molecule has 0 bridgehead atoms. The van der Waals surface area contributed by atoms with Gasteiger partial charge in [0.25, 0.3) is 5.91 Å². The Balaban J connectivity index is 1.98. The zero-order valence-electron chi connectivity index (χ0n) is 17.2. The normalized spacial score (nSPS) is 10.6. The van der Waals surface area contributed by atoms with E-state index in [1.165, 1.54) is 16.9 Å². The van der Waals surface area contributed by atoms with Crippen LogP contribution >= 0.6 is 11.3 Å². The van der Waals surface area contributed by atoms with E-state index >= 15 is 0 Å². The number of amides is 1. The maximum absolute atomic E-state index is 12.8. The van der Waals surface area contributed by atoms with E-state index in [1.54, 1.807) is 7.05 Å². The van der Waals surface area contributed by atoms with Gasteiger partial charge in [-0.2, -0.15) is 5.26 Å². The largest absolute Gasteiger partial charge is 0.383 e. The Morgan fingerprint density at radius 2 is 1.87 bits per heavy atom. The van der Waals surface area contributed by atoms with Gasteiger partial charge in [0, 0.05) is 18.3 Å². The summed E-state index contributed by atoms with van der Waals surface area (Å²) in [6.07, 6.45) is 0.952. The number of thiophene rings is 1. The summed E-state index contributed by atoms with van der Waals surface area (Å²) in [6.45, 7) is 2.10. The van der Waals surface area contributed by atoms with Gasteiger partial charge in [-0.05, 0) is 29.7 Å². The first-order chi connectivity index (χ1) is 15.1. The molecule has 0 spiro atoms. The number of hydrogen-bond donors (Lipinski definition) is 3. The molecule has 4 N–H and O–H groups in total. The predicted molar refractivity (Wildman–Crippen MR) is 127 cm³/mol. The van der Waals surface area contributed by atoms with Crippen molar-refractivity contribution >= 4 is 44.0 Å². The summed E-state index contributed by atoms with van der Waals surface area (Å²) in [5, 5.41) is 16.5. The fraction of sp³-hybridized carbons (Fsp3) is 0.125. The quantitative estimate of drug-likeness (QED) is 0.412. The highest BCUT2D eigenvalue weighted by Crippen LogP contribution is 2.44. The van der Waals surface area contributed by atoms with Crippen molar-refractivity contribution in [2.75, 3.05) is 18.1 Å². The zero-order chi connectivity index (χ0) is 22.0. The molecule has 0 fully saturated rings. The number of anilines is 3. The Kier molecular flexibility index (Phi) is 5.56. The number of aromatic nitrogens is 1. The van der Waals surface area contributed by atoms with Crippen molar-refractivity contribution in [3.63, 3.8) is 0 Å². The average Bonchev–Trinajstić information content (AvgIpc) is 3.15. The van der Waals surface area contributed by atoms with Gasteiger partial charge in [0.2, 0.25) is 0 Å². The van der Waals surface area contributed by atoms with E-state index in [2.05, 4.69) is 40.7 Å². The number of benzene rings is 2. The Labute approximate surface area is 184 Å². The minimum atomic E-state index is -0.269. The summed E-state index contributed by atoms with van der Waals surface area (Å²) in [4.78, 5) is 17.3. The zero-order valence-corrected chi connectivity index (χ0v) is 18.0. The third-order valence-corrected chi connectivity index (χ3v) is 6.21. The molecule has 154 valence electrons. The number of nitriles is 1. The first-order valence-corrected chi connectivity index (χ1v) is 10.7. The second kappa shape index (κ2) is 8.46. The van der Waals surface area contributed by atoms with E-state index in [0.29, 0.717) is 27.2 Å². The number of aryl methyl sites for hydroxylation is 1. The molecule has 1 amide bonds. The third-order valence-electron chi connectivity index (χ3n) is 5.10. The van der Waals surface area contributed by atoms with Crippen molar-refractivity contribution in [2.24, 2.45) is 0 Å². The first kappa shape index (κ1) is 20.4. The molecule has 0 unspecified atom stereocenters. The summed E-state index contributed by atoms with van der Waals surface area (Å²) in [7, 11) is 1.58. The summed E-state index contributed by atoms with van der Waals surface area (Å²) in [5.41, 5.74) is 11.0. The lowest BCUT2D eigenvalue weighted by atomic mass is 10.00. The molecule has 0 aliphatic rings. The Hall–Kier alpha value is -3.89. The fourth-order valence-electron chi connectivity index (χ4n) is 3.49. The van der Waals surface area contributed by atoms with Gasteiger partial charge in [0.15, 0.2) is 0 Å². The highest BCUT2D eigenvalue weighted by Gasteiger charge is 2.25. The van der Waals surface area contributed by atoms with Gasteiger partial charge in [-0.3, -0.25) is 4.79 Å². The highest BCUT2D eigenvalue weighted by atomic mass is 32.1. The first-order valence-electron chi connectivity index (χ1n) is 9.86. The molecule has 2 heterocycles. The van der Waals surface area contributed by atoms with E-state index in [9.17, 15) is 10.1 Å². The van der Waals surface area contributed by atoms with Crippen LogP contribution in [-0.4, -0.2) is 17.9 Å². The number of fused-ring (bicyclic) bond motifs is 1. The lowest BCUT2D eigenvalue weighted by Gasteiger charge is -2.09. The maximum Gasteiger partial charge on any atom is 0.256 e. The minimum Gasteiger partial charge on any atom is -0.383 e. The van der Waals surface area contributed by atoms with E-state index in [4.69, 9.17) is 5.73 Å². The van der Waals surface area contributed by atoms with Crippen LogP contribution in [0.3, 0.4) is 0 Å². The SMILES string of the molecule is CCc1ccc(Nc2sc3c(-c4ccccc4)c(C#N)c(N)nc3c2C(=O)NC)cc1. The molecule has 2 aromatic heterocycles. The number of hydrogen-bond acceptors (Lipinski definition) is 6. The van der Waals surface area contributed by atoms with Gasteiger partial charge in [0.1, 0.15) is 28.0 Å². The lowest BCUT2D eigenvalue weighted by molar-refractivity contribution is 0.0965. The summed E-state index contributed by atoms with van der Waals surface area (Å²) in [6, 6.07) is 19.8. The molecule has 2 aromatic carbocycles. The number of nitrogen functional groups attached to an aromatic ring is 1. The van der Waals surface area contributed by atoms with Crippen LogP contribution in [0, 0.1) is 11.3 Å². The topological polar surface area (TPSA) is 104 Å². The maximum atomic E-state index is 12.8. The molecule has 0 saturated heterocycles. The molecular weight excluding hydrogens is 406 g/mol. The van der Waals surface area contributed by atoms with Crippen LogP contribution in [0.25, 0.3) is 21.3 Å². The number of rotatable bonds is 5. The molecule has 0 aliphatic heterocycles. The number of pyridine rings is 1. The highest BCUT2D eigenvalue weighted by molar-refractivity contribution is 7.24. The number of nitrogens with zero attached hydrogens (tertiary/aromatic N) is 2. The number of carbonyl (C=O) groups is 1. The van der Waals surface area contributed by atoms with Crippen molar-refractivity contribution in [1.29, 1.82) is 5.26 Å². The van der Waals surface area contributed by atoms with Crippen LogP contribution in [0.15, 0.2) is 54.6 Å². The van der Waals surface area contributed by atoms with Gasteiger partial charge in [-0.25, -0.2) is 4.98 Å². The monoisotopic (exact) mass is 427 g/mol. The van der Waals surface area contributed by atoms with Crippen LogP contribution in [0.4, 0.5) is 16.5 Å². The molecule has 4 rings (SSSR count). The summed E-state index contributed by atoms with van der Waals surface area (Å²) in [5.74, 6) is -0.162. The average molecular weight is 428 g/mol. The van der Waals surface area contributed by atoms with Crippen molar-refractivity contribution in [3.05, 3.63) is 71.3 Å². The van der Waals surface area contributed by atoms with Crippen LogP contribution < -0.4 is 16.4 Å². The standard InChI is InChI=1S/C24H21N5OS/c1-3-14-9-11-16(12-10-14)28-24-19(23(30)27-2)20-21(31-24)18(15-7-5-4-6-8-15)17(13-25)22(26)29-20/h4-12,28H,3H2,1-2H3,(H2,26,29)(H,27,30). The van der Waals surface area contributed by atoms with E-state index < -0.39 is 0 Å². The van der Waals surface area contributed by atoms with Crippen LogP contribution in [-0.2, 0) is 6.42 Å². The van der Waals surface area contributed by atoms with Crippen LogP contribution in [0.1, 0.15) is 28.4 Å². The molecule has 0 aliphatic carbocycles.